The topological polar surface area (TPSA) is 82.5 Å². The molecule has 0 aliphatic rings. The maximum absolute atomic E-state index is 5.59. The van der Waals surface area contributed by atoms with E-state index in [4.69, 9.17) is 17.3 Å². The van der Waals surface area contributed by atoms with E-state index in [0.717, 1.165) is 0 Å². The van der Waals surface area contributed by atoms with Crippen molar-refractivity contribution in [3.05, 3.63) is 24.0 Å². The summed E-state index contributed by atoms with van der Waals surface area (Å²) >= 11 is 5.59. The number of hydrogen-bond acceptors (Lipinski definition) is 5. The highest BCUT2D eigenvalue weighted by Gasteiger charge is 2.02. The molecular formula is C6H5ClN6. The fourth-order valence-corrected chi connectivity index (χ4v) is 1.01. The lowest BCUT2D eigenvalue weighted by molar-refractivity contribution is 0.902. The predicted octanol–water partition coefficient (Wildman–Crippen LogP) is 0.293. The van der Waals surface area contributed by atoms with E-state index in [1.165, 1.54) is 0 Å². The quantitative estimate of drug-likeness (QED) is 0.709. The van der Waals surface area contributed by atoms with Gasteiger partial charge in [-0.2, -0.15) is 15.0 Å². The number of nitrogens with zero attached hydrogens (tertiary/aromatic N) is 5. The number of hydrogen-bond donors (Lipinski definition) is 1. The van der Waals surface area contributed by atoms with E-state index in [1.54, 1.807) is 23.3 Å². The third-order valence-corrected chi connectivity index (χ3v) is 1.52. The van der Waals surface area contributed by atoms with E-state index >= 15 is 0 Å². The Morgan fingerprint density at radius 1 is 1.31 bits per heavy atom. The van der Waals surface area contributed by atoms with E-state index in [1.807, 2.05) is 0 Å². The van der Waals surface area contributed by atoms with Crippen LogP contribution in [0.4, 0.5) is 5.95 Å². The highest BCUT2D eigenvalue weighted by atomic mass is 35.5. The largest absolute Gasteiger partial charge is 0.368 e. The highest BCUT2D eigenvalue weighted by Crippen LogP contribution is 2.06. The van der Waals surface area contributed by atoms with E-state index in [9.17, 15) is 0 Å². The van der Waals surface area contributed by atoms with Gasteiger partial charge in [0.1, 0.15) is 6.33 Å². The van der Waals surface area contributed by atoms with Gasteiger partial charge in [-0.15, -0.1) is 0 Å². The molecule has 13 heavy (non-hydrogen) atoms. The summed E-state index contributed by atoms with van der Waals surface area (Å²) in [6.07, 6.45) is 4.84. The second kappa shape index (κ2) is 2.98. The molecule has 0 bridgehead atoms. The molecule has 0 aliphatic heterocycles. The minimum atomic E-state index is 0.0659. The molecule has 0 saturated heterocycles. The summed E-state index contributed by atoms with van der Waals surface area (Å²) < 4.78 is 1.59. The van der Waals surface area contributed by atoms with E-state index in [0.29, 0.717) is 5.95 Å². The molecule has 2 rings (SSSR count). The second-order valence-electron chi connectivity index (χ2n) is 2.23. The van der Waals surface area contributed by atoms with Crippen LogP contribution in [0.25, 0.3) is 5.95 Å². The zero-order valence-corrected chi connectivity index (χ0v) is 7.18. The Morgan fingerprint density at radius 3 is 2.77 bits per heavy atom. The lowest BCUT2D eigenvalue weighted by Crippen LogP contribution is -2.04. The van der Waals surface area contributed by atoms with Crippen LogP contribution in [0.3, 0.4) is 0 Å². The Hall–Kier alpha value is -1.69. The van der Waals surface area contributed by atoms with E-state index < -0.39 is 0 Å². The van der Waals surface area contributed by atoms with Gasteiger partial charge >= 0.3 is 0 Å². The first-order valence-corrected chi connectivity index (χ1v) is 3.79. The molecule has 0 unspecified atom stereocenters. The third kappa shape index (κ3) is 1.57. The van der Waals surface area contributed by atoms with Gasteiger partial charge in [-0.3, -0.25) is 4.57 Å². The zero-order valence-electron chi connectivity index (χ0n) is 6.42. The maximum atomic E-state index is 5.59. The molecule has 6 nitrogen and oxygen atoms in total. The first kappa shape index (κ1) is 7.93. The number of halogens is 1. The molecule has 2 N–H and O–H groups in total. The van der Waals surface area contributed by atoms with Crippen LogP contribution >= 0.6 is 11.6 Å². The van der Waals surface area contributed by atoms with Crippen molar-refractivity contribution in [3.8, 4) is 5.95 Å². The van der Waals surface area contributed by atoms with Crippen LogP contribution in [0, 0.1) is 0 Å². The fraction of sp³-hybridized carbons (Fsp3) is 0. The molecular weight excluding hydrogens is 192 g/mol. The number of nitrogen functional groups attached to an aromatic ring is 1. The normalized spacial score (nSPS) is 10.2. The van der Waals surface area contributed by atoms with Gasteiger partial charge in [-0.1, -0.05) is 0 Å². The second-order valence-corrected chi connectivity index (χ2v) is 2.57. The van der Waals surface area contributed by atoms with Gasteiger partial charge in [0.05, 0.1) is 0 Å². The molecule has 0 radical (unpaired) electrons. The average Bonchev–Trinajstić information content (AvgIpc) is 2.53. The summed E-state index contributed by atoms with van der Waals surface area (Å²) in [5.74, 6) is 0.443. The highest BCUT2D eigenvalue weighted by molar-refractivity contribution is 6.28. The van der Waals surface area contributed by atoms with Crippen molar-refractivity contribution in [1.82, 2.24) is 24.5 Å². The summed E-state index contributed by atoms with van der Waals surface area (Å²) in [6, 6.07) is 0. The van der Waals surface area contributed by atoms with Gasteiger partial charge < -0.3 is 5.73 Å². The Kier molecular flexibility index (Phi) is 1.82. The van der Waals surface area contributed by atoms with Gasteiger partial charge in [0, 0.05) is 12.4 Å². The standard InChI is InChI=1S/C6H5ClN6/c7-4-10-5(8)12-6(11-4)13-2-1-9-3-13/h1-3H,(H2,8,10,11,12). The average molecular weight is 197 g/mol. The fourth-order valence-electron chi connectivity index (χ4n) is 0.847. The molecule has 7 heteroatoms. The Labute approximate surface area is 78.4 Å². The Bertz CT molecular complexity index is 391. The zero-order chi connectivity index (χ0) is 9.26. The van der Waals surface area contributed by atoms with Crippen molar-refractivity contribution in [3.63, 3.8) is 0 Å². The van der Waals surface area contributed by atoms with Crippen LogP contribution in [0.5, 0.6) is 0 Å². The smallest absolute Gasteiger partial charge is 0.241 e. The molecule has 2 aromatic rings. The molecule has 0 aliphatic carbocycles. The molecule has 66 valence electrons. The maximum Gasteiger partial charge on any atom is 0.241 e. The van der Waals surface area contributed by atoms with Crippen molar-refractivity contribution in [2.75, 3.05) is 5.73 Å². The van der Waals surface area contributed by atoms with Crippen LogP contribution in [0.2, 0.25) is 5.28 Å². The van der Waals surface area contributed by atoms with Gasteiger partial charge in [0.15, 0.2) is 0 Å². The summed E-state index contributed by atoms with van der Waals surface area (Å²) in [7, 11) is 0. The number of aromatic nitrogens is 5. The van der Waals surface area contributed by atoms with Gasteiger partial charge in [-0.05, 0) is 11.6 Å². The van der Waals surface area contributed by atoms with E-state index in [-0.39, 0.29) is 11.2 Å². The summed E-state index contributed by atoms with van der Waals surface area (Å²) in [5.41, 5.74) is 5.39. The Balaban J connectivity index is 2.53. The van der Waals surface area contributed by atoms with Crippen molar-refractivity contribution >= 4 is 17.5 Å². The first-order valence-electron chi connectivity index (χ1n) is 3.41. The molecule has 0 spiro atoms. The van der Waals surface area contributed by atoms with Crippen LogP contribution in [0.15, 0.2) is 18.7 Å². The molecule has 2 heterocycles. The number of nitrogens with two attached hydrogens (primary N) is 1. The summed E-state index contributed by atoms with van der Waals surface area (Å²) in [4.78, 5) is 15.2. The molecule has 0 aromatic carbocycles. The molecule has 0 saturated carbocycles. The first-order chi connectivity index (χ1) is 6.25. The van der Waals surface area contributed by atoms with Crippen LogP contribution in [0.1, 0.15) is 0 Å². The van der Waals surface area contributed by atoms with Gasteiger partial charge in [0.25, 0.3) is 0 Å². The minimum absolute atomic E-state index is 0.0659. The van der Waals surface area contributed by atoms with Crippen molar-refractivity contribution in [2.45, 2.75) is 0 Å². The van der Waals surface area contributed by atoms with E-state index in [2.05, 4.69) is 19.9 Å². The number of rotatable bonds is 1. The molecule has 0 amide bonds. The SMILES string of the molecule is Nc1nc(Cl)nc(-n2ccnc2)n1. The minimum Gasteiger partial charge on any atom is -0.368 e. The van der Waals surface area contributed by atoms with Crippen LogP contribution in [-0.2, 0) is 0 Å². The lowest BCUT2D eigenvalue weighted by Gasteiger charge is -1.99. The van der Waals surface area contributed by atoms with Crippen molar-refractivity contribution in [2.24, 2.45) is 0 Å². The molecule has 0 fully saturated rings. The predicted molar refractivity (Wildman–Crippen MR) is 46.4 cm³/mol. The van der Waals surface area contributed by atoms with Crippen molar-refractivity contribution < 1.29 is 0 Å². The molecule has 0 atom stereocenters. The number of imidazole rings is 1. The lowest BCUT2D eigenvalue weighted by atomic mass is 10.8. The third-order valence-electron chi connectivity index (χ3n) is 1.35. The summed E-state index contributed by atoms with van der Waals surface area (Å²) in [6.45, 7) is 0. The Morgan fingerprint density at radius 2 is 2.15 bits per heavy atom. The monoisotopic (exact) mass is 196 g/mol. The van der Waals surface area contributed by atoms with Crippen LogP contribution < -0.4 is 5.73 Å². The van der Waals surface area contributed by atoms with Crippen LogP contribution in [-0.4, -0.2) is 24.5 Å². The summed E-state index contributed by atoms with van der Waals surface area (Å²) in [5, 5.41) is 0.0659. The van der Waals surface area contributed by atoms with Gasteiger partial charge in [0.2, 0.25) is 17.2 Å². The van der Waals surface area contributed by atoms with Crippen molar-refractivity contribution in [1.29, 1.82) is 0 Å². The van der Waals surface area contributed by atoms with Gasteiger partial charge in [-0.25, -0.2) is 4.98 Å². The number of anilines is 1. The molecule has 2 aromatic heterocycles.